The van der Waals surface area contributed by atoms with E-state index in [1.165, 1.54) is 5.56 Å². The predicted octanol–water partition coefficient (Wildman–Crippen LogP) is 6.97. The summed E-state index contributed by atoms with van der Waals surface area (Å²) in [4.78, 5) is 12.3. The first-order valence-corrected chi connectivity index (χ1v) is 10.5. The summed E-state index contributed by atoms with van der Waals surface area (Å²) in [5, 5.41) is 12.9. The molecule has 0 radical (unpaired) electrons. The summed E-state index contributed by atoms with van der Waals surface area (Å²) in [5.41, 5.74) is 4.75. The summed E-state index contributed by atoms with van der Waals surface area (Å²) in [5.74, 6) is -0.961. The van der Waals surface area contributed by atoms with Gasteiger partial charge in [0.25, 0.3) is 0 Å². The number of rotatable bonds is 8. The minimum absolute atomic E-state index is 0.418. The Morgan fingerprint density at radius 2 is 1.72 bits per heavy atom. The van der Waals surface area contributed by atoms with Crippen LogP contribution in [0.1, 0.15) is 49.5 Å². The van der Waals surface area contributed by atoms with Gasteiger partial charge in [0.05, 0.1) is 0 Å². The number of carboxylic acid groups (broad SMARTS) is 1. The van der Waals surface area contributed by atoms with Crippen LogP contribution in [0.5, 0.6) is 0 Å². The van der Waals surface area contributed by atoms with Gasteiger partial charge in [0.2, 0.25) is 0 Å². The zero-order chi connectivity index (χ0) is 21.0. The standard InChI is InChI=1S/C25H27ClO3/c1-4-6-15-29-24(25(27)28)22-16(3)19(5-2)20-9-7-8-10-21(20)23(22)17-11-13-18(26)14-12-17/h7-14,24H,4-6,15H2,1-3H3,(H,27,28). The van der Waals surface area contributed by atoms with Crippen LogP contribution in [0.2, 0.25) is 5.02 Å². The number of halogens is 1. The molecule has 0 aliphatic carbocycles. The van der Waals surface area contributed by atoms with Crippen LogP contribution in [0, 0.1) is 6.92 Å². The van der Waals surface area contributed by atoms with Gasteiger partial charge >= 0.3 is 5.97 Å². The molecule has 0 bridgehead atoms. The van der Waals surface area contributed by atoms with Crippen molar-refractivity contribution in [2.24, 2.45) is 0 Å². The van der Waals surface area contributed by atoms with Crippen LogP contribution in [0.25, 0.3) is 21.9 Å². The predicted molar refractivity (Wildman–Crippen MR) is 120 cm³/mol. The third-order valence-electron chi connectivity index (χ3n) is 5.40. The largest absolute Gasteiger partial charge is 0.479 e. The maximum absolute atomic E-state index is 12.3. The van der Waals surface area contributed by atoms with E-state index in [0.29, 0.717) is 11.6 Å². The normalized spacial score (nSPS) is 12.3. The fourth-order valence-corrected chi connectivity index (χ4v) is 4.12. The Balaban J connectivity index is 2.36. The molecule has 0 saturated heterocycles. The molecule has 29 heavy (non-hydrogen) atoms. The van der Waals surface area contributed by atoms with Crippen LogP contribution in [-0.4, -0.2) is 17.7 Å². The highest BCUT2D eigenvalue weighted by Gasteiger charge is 2.29. The van der Waals surface area contributed by atoms with Crippen LogP contribution < -0.4 is 0 Å². The molecule has 0 spiro atoms. The van der Waals surface area contributed by atoms with Crippen molar-refractivity contribution in [3.05, 3.63) is 70.2 Å². The molecule has 3 aromatic carbocycles. The lowest BCUT2D eigenvalue weighted by Gasteiger charge is -2.25. The summed E-state index contributed by atoms with van der Waals surface area (Å²) >= 11 is 6.11. The van der Waals surface area contributed by atoms with Gasteiger partial charge in [0.15, 0.2) is 6.10 Å². The molecule has 3 rings (SSSR count). The summed E-state index contributed by atoms with van der Waals surface area (Å²) in [6, 6.07) is 15.8. The molecular weight excluding hydrogens is 384 g/mol. The lowest BCUT2D eigenvalue weighted by atomic mass is 9.83. The summed E-state index contributed by atoms with van der Waals surface area (Å²) < 4.78 is 5.92. The maximum atomic E-state index is 12.3. The molecule has 152 valence electrons. The van der Waals surface area contributed by atoms with Crippen molar-refractivity contribution in [2.45, 2.75) is 46.1 Å². The molecule has 3 aromatic rings. The molecule has 0 aromatic heterocycles. The van der Waals surface area contributed by atoms with E-state index >= 15 is 0 Å². The van der Waals surface area contributed by atoms with Gasteiger partial charge in [0.1, 0.15) is 0 Å². The van der Waals surface area contributed by atoms with Crippen molar-refractivity contribution in [3.63, 3.8) is 0 Å². The Morgan fingerprint density at radius 3 is 2.31 bits per heavy atom. The Hall–Kier alpha value is -2.36. The third kappa shape index (κ3) is 4.31. The van der Waals surface area contributed by atoms with Gasteiger partial charge < -0.3 is 9.84 Å². The molecule has 0 amide bonds. The number of unbranched alkanes of at least 4 members (excludes halogenated alkanes) is 1. The number of hydrogen-bond acceptors (Lipinski definition) is 2. The average molecular weight is 411 g/mol. The topological polar surface area (TPSA) is 46.5 Å². The van der Waals surface area contributed by atoms with Gasteiger partial charge in [-0.05, 0) is 64.9 Å². The van der Waals surface area contributed by atoms with Crippen LogP contribution in [0.15, 0.2) is 48.5 Å². The Bertz CT molecular complexity index is 1010. The number of carbonyl (C=O) groups is 1. The lowest BCUT2D eigenvalue weighted by Crippen LogP contribution is -2.19. The smallest absolute Gasteiger partial charge is 0.337 e. The van der Waals surface area contributed by atoms with E-state index in [2.05, 4.69) is 26.0 Å². The monoisotopic (exact) mass is 410 g/mol. The van der Waals surface area contributed by atoms with Crippen molar-refractivity contribution in [2.75, 3.05) is 6.61 Å². The molecule has 0 aliphatic heterocycles. The quantitative estimate of drug-likeness (QED) is 0.407. The van der Waals surface area contributed by atoms with E-state index in [1.807, 2.05) is 43.3 Å². The van der Waals surface area contributed by atoms with Gasteiger partial charge in [-0.3, -0.25) is 0 Å². The molecule has 4 heteroatoms. The van der Waals surface area contributed by atoms with Crippen LogP contribution in [-0.2, 0) is 16.0 Å². The van der Waals surface area contributed by atoms with Crippen LogP contribution in [0.3, 0.4) is 0 Å². The molecule has 0 fully saturated rings. The van der Waals surface area contributed by atoms with Crippen molar-refractivity contribution >= 4 is 28.3 Å². The average Bonchev–Trinajstić information content (AvgIpc) is 2.71. The molecule has 1 atom stereocenters. The Kier molecular flexibility index (Phi) is 6.94. The SMILES string of the molecule is CCCCOC(C(=O)O)c1c(C)c(CC)c2ccccc2c1-c1ccc(Cl)cc1. The van der Waals surface area contributed by atoms with Crippen molar-refractivity contribution in [3.8, 4) is 11.1 Å². The van der Waals surface area contributed by atoms with E-state index in [9.17, 15) is 9.90 Å². The van der Waals surface area contributed by atoms with Crippen LogP contribution in [0.4, 0.5) is 0 Å². The first-order valence-electron chi connectivity index (χ1n) is 10.1. The van der Waals surface area contributed by atoms with Crippen molar-refractivity contribution in [1.29, 1.82) is 0 Å². The lowest BCUT2D eigenvalue weighted by molar-refractivity contribution is -0.151. The number of aliphatic carboxylic acids is 1. The molecule has 0 aliphatic rings. The molecular formula is C25H27ClO3. The van der Waals surface area contributed by atoms with E-state index < -0.39 is 12.1 Å². The maximum Gasteiger partial charge on any atom is 0.337 e. The second-order valence-electron chi connectivity index (χ2n) is 7.24. The second-order valence-corrected chi connectivity index (χ2v) is 7.68. The third-order valence-corrected chi connectivity index (χ3v) is 5.65. The summed E-state index contributed by atoms with van der Waals surface area (Å²) in [6.07, 6.45) is 1.59. The Labute approximate surface area is 177 Å². The van der Waals surface area contributed by atoms with E-state index in [1.54, 1.807) is 0 Å². The molecule has 0 heterocycles. The Morgan fingerprint density at radius 1 is 1.07 bits per heavy atom. The fourth-order valence-electron chi connectivity index (χ4n) is 4.00. The first kappa shape index (κ1) is 21.4. The van der Waals surface area contributed by atoms with E-state index in [0.717, 1.165) is 52.3 Å². The number of fused-ring (bicyclic) bond motifs is 1. The summed E-state index contributed by atoms with van der Waals surface area (Å²) in [6.45, 7) is 6.60. The van der Waals surface area contributed by atoms with Crippen molar-refractivity contribution in [1.82, 2.24) is 0 Å². The fraction of sp³-hybridized carbons (Fsp3) is 0.320. The number of benzene rings is 3. The van der Waals surface area contributed by atoms with E-state index in [-0.39, 0.29) is 0 Å². The highest BCUT2D eigenvalue weighted by Crippen LogP contribution is 2.42. The molecule has 0 saturated carbocycles. The van der Waals surface area contributed by atoms with Crippen LogP contribution >= 0.6 is 11.6 Å². The molecule has 1 N–H and O–H groups in total. The van der Waals surface area contributed by atoms with Gasteiger partial charge in [-0.25, -0.2) is 4.79 Å². The van der Waals surface area contributed by atoms with Crippen molar-refractivity contribution < 1.29 is 14.6 Å². The number of aryl methyl sites for hydroxylation is 1. The van der Waals surface area contributed by atoms with Gasteiger partial charge in [-0.1, -0.05) is 68.3 Å². The molecule has 1 unspecified atom stereocenters. The number of carboxylic acids is 1. The minimum atomic E-state index is -1.01. The van der Waals surface area contributed by atoms with Gasteiger partial charge in [-0.15, -0.1) is 0 Å². The van der Waals surface area contributed by atoms with Gasteiger partial charge in [0, 0.05) is 17.2 Å². The number of hydrogen-bond donors (Lipinski definition) is 1. The highest BCUT2D eigenvalue weighted by atomic mass is 35.5. The highest BCUT2D eigenvalue weighted by molar-refractivity contribution is 6.30. The molecule has 3 nitrogen and oxygen atoms in total. The zero-order valence-electron chi connectivity index (χ0n) is 17.2. The first-order chi connectivity index (χ1) is 14.0. The summed E-state index contributed by atoms with van der Waals surface area (Å²) in [7, 11) is 0. The van der Waals surface area contributed by atoms with E-state index in [4.69, 9.17) is 16.3 Å². The van der Waals surface area contributed by atoms with Gasteiger partial charge in [-0.2, -0.15) is 0 Å². The number of ether oxygens (including phenoxy) is 1. The minimum Gasteiger partial charge on any atom is -0.479 e. The zero-order valence-corrected chi connectivity index (χ0v) is 17.9. The second kappa shape index (κ2) is 9.43.